The Morgan fingerprint density at radius 2 is 1.58 bits per heavy atom. The number of ether oxygens (including phenoxy) is 1. The number of H-pyrrole nitrogens is 1. The van der Waals surface area contributed by atoms with E-state index < -0.39 is 5.54 Å². The summed E-state index contributed by atoms with van der Waals surface area (Å²) in [6, 6.07) is 26.7. The van der Waals surface area contributed by atoms with Crippen LogP contribution in [0.15, 0.2) is 78.9 Å². The number of benzene rings is 3. The van der Waals surface area contributed by atoms with E-state index in [-0.39, 0.29) is 29.1 Å². The van der Waals surface area contributed by atoms with Crippen molar-refractivity contribution in [2.24, 2.45) is 11.3 Å². The molecule has 3 aromatic carbocycles. The summed E-state index contributed by atoms with van der Waals surface area (Å²) in [5.41, 5.74) is 5.56. The molecule has 1 aliphatic carbocycles. The number of carbonyl (C=O) groups is 2. The predicted molar refractivity (Wildman–Crippen MR) is 192 cm³/mol. The molecular formula is C40H49N5O3. The second-order valence-electron chi connectivity index (χ2n) is 14.7. The number of nitrogens with zero attached hydrogens (tertiary/aromatic N) is 3. The standard InChI is InChI=1S/C40H49N5O3/c1-28-36(32-12-8-9-13-34(32)41-28)37-33(39(37,2)3)26-35(46)45(27-29-10-6-5-7-11-29)40(18-20-43(4)21-19-40)38(47)42-30-14-16-31(17-15-30)44-22-24-48-25-23-44/h5-17,33,37,41H,18-27H2,1-4H3,(H,42,47). The van der Waals surface area contributed by atoms with Gasteiger partial charge in [-0.1, -0.05) is 62.4 Å². The molecule has 8 nitrogen and oxygen atoms in total. The molecule has 2 atom stereocenters. The molecule has 252 valence electrons. The zero-order valence-corrected chi connectivity index (χ0v) is 28.8. The van der Waals surface area contributed by atoms with Gasteiger partial charge in [-0.15, -0.1) is 0 Å². The lowest BCUT2D eigenvalue weighted by Crippen LogP contribution is -2.62. The number of rotatable bonds is 9. The first-order valence-electron chi connectivity index (χ1n) is 17.5. The molecule has 3 aliphatic rings. The van der Waals surface area contributed by atoms with Crippen molar-refractivity contribution in [3.05, 3.63) is 95.7 Å². The first-order chi connectivity index (χ1) is 23.2. The summed E-state index contributed by atoms with van der Waals surface area (Å²) in [5.74, 6) is 0.404. The van der Waals surface area contributed by atoms with Crippen molar-refractivity contribution in [3.8, 4) is 0 Å². The highest BCUT2D eigenvalue weighted by atomic mass is 16.5. The minimum absolute atomic E-state index is 0.0335. The number of hydrogen-bond donors (Lipinski definition) is 2. The number of para-hydroxylation sites is 1. The van der Waals surface area contributed by atoms with Gasteiger partial charge in [0.1, 0.15) is 5.54 Å². The molecule has 0 radical (unpaired) electrons. The van der Waals surface area contributed by atoms with Gasteiger partial charge in [0.25, 0.3) is 0 Å². The Balaban J connectivity index is 1.18. The number of aromatic amines is 1. The molecule has 1 aromatic heterocycles. The van der Waals surface area contributed by atoms with Crippen LogP contribution < -0.4 is 10.2 Å². The second kappa shape index (κ2) is 13.1. The lowest BCUT2D eigenvalue weighted by atomic mass is 9.83. The fourth-order valence-electron chi connectivity index (χ4n) is 8.37. The van der Waals surface area contributed by atoms with Crippen molar-refractivity contribution in [1.82, 2.24) is 14.8 Å². The highest BCUT2D eigenvalue weighted by Gasteiger charge is 2.60. The molecule has 2 unspecified atom stereocenters. The summed E-state index contributed by atoms with van der Waals surface area (Å²) in [7, 11) is 2.09. The zero-order chi connectivity index (χ0) is 33.5. The van der Waals surface area contributed by atoms with Gasteiger partial charge >= 0.3 is 0 Å². The SMILES string of the molecule is Cc1[nH]c2ccccc2c1C1C(CC(=O)N(Cc2ccccc2)C2(C(=O)Nc3ccc(N4CCOCC4)cc3)CCN(C)CC2)C1(C)C. The lowest BCUT2D eigenvalue weighted by molar-refractivity contribution is -0.150. The van der Waals surface area contributed by atoms with Gasteiger partial charge in [-0.2, -0.15) is 0 Å². The molecule has 2 amide bonds. The molecular weight excluding hydrogens is 598 g/mol. The number of nitrogens with one attached hydrogen (secondary N) is 2. The van der Waals surface area contributed by atoms with Crippen LogP contribution in [0.25, 0.3) is 10.9 Å². The van der Waals surface area contributed by atoms with Crippen molar-refractivity contribution in [3.63, 3.8) is 0 Å². The highest BCUT2D eigenvalue weighted by Crippen LogP contribution is 2.67. The Labute approximate surface area is 284 Å². The first-order valence-corrected chi connectivity index (χ1v) is 17.5. The van der Waals surface area contributed by atoms with E-state index >= 15 is 0 Å². The summed E-state index contributed by atoms with van der Waals surface area (Å²) in [6.07, 6.45) is 1.57. The van der Waals surface area contributed by atoms with E-state index in [1.54, 1.807) is 0 Å². The van der Waals surface area contributed by atoms with Gasteiger partial charge in [-0.25, -0.2) is 0 Å². The van der Waals surface area contributed by atoms with Crippen molar-refractivity contribution >= 4 is 34.1 Å². The van der Waals surface area contributed by atoms with Crippen LogP contribution >= 0.6 is 0 Å². The monoisotopic (exact) mass is 647 g/mol. The maximum Gasteiger partial charge on any atom is 0.250 e. The Kier molecular flexibility index (Phi) is 8.81. The molecule has 2 N–H and O–H groups in total. The number of fused-ring (bicyclic) bond motifs is 1. The van der Waals surface area contributed by atoms with Crippen LogP contribution in [0.2, 0.25) is 0 Å². The van der Waals surface area contributed by atoms with Gasteiger partial charge in [0.2, 0.25) is 11.8 Å². The van der Waals surface area contributed by atoms with Crippen LogP contribution in [0.1, 0.15) is 55.8 Å². The molecule has 0 spiro atoms. The Morgan fingerprint density at radius 3 is 2.29 bits per heavy atom. The van der Waals surface area contributed by atoms with E-state index in [1.165, 1.54) is 16.6 Å². The highest BCUT2D eigenvalue weighted by molar-refractivity contribution is 6.01. The number of amides is 2. The molecule has 48 heavy (non-hydrogen) atoms. The summed E-state index contributed by atoms with van der Waals surface area (Å²) < 4.78 is 5.52. The molecule has 1 saturated carbocycles. The molecule has 4 aromatic rings. The third-order valence-electron chi connectivity index (χ3n) is 11.4. The number of likely N-dealkylation sites (tertiary alicyclic amines) is 1. The molecule has 3 fully saturated rings. The van der Waals surface area contributed by atoms with Gasteiger partial charge in [0.05, 0.1) is 13.2 Å². The maximum absolute atomic E-state index is 14.8. The van der Waals surface area contributed by atoms with Crippen LogP contribution in [-0.2, 0) is 20.9 Å². The number of aromatic nitrogens is 1. The number of morpholine rings is 1. The van der Waals surface area contributed by atoms with E-state index in [1.807, 2.05) is 35.2 Å². The van der Waals surface area contributed by atoms with Crippen molar-refractivity contribution in [2.75, 3.05) is 56.7 Å². The number of aryl methyl sites for hydroxylation is 1. The quantitative estimate of drug-likeness (QED) is 0.215. The summed E-state index contributed by atoms with van der Waals surface area (Å²) in [4.78, 5) is 39.5. The molecule has 7 rings (SSSR count). The smallest absolute Gasteiger partial charge is 0.250 e. The average molecular weight is 648 g/mol. The van der Waals surface area contributed by atoms with Crippen LogP contribution in [0.4, 0.5) is 11.4 Å². The van der Waals surface area contributed by atoms with Crippen LogP contribution in [-0.4, -0.2) is 78.6 Å². The van der Waals surface area contributed by atoms with Gasteiger partial charge in [0, 0.05) is 67.1 Å². The van der Waals surface area contributed by atoms with Crippen molar-refractivity contribution in [2.45, 2.75) is 58.0 Å². The fourth-order valence-corrected chi connectivity index (χ4v) is 8.37. The number of piperidine rings is 1. The molecule has 3 heterocycles. The maximum atomic E-state index is 14.8. The van der Waals surface area contributed by atoms with Crippen molar-refractivity contribution < 1.29 is 14.3 Å². The lowest BCUT2D eigenvalue weighted by Gasteiger charge is -2.47. The van der Waals surface area contributed by atoms with Gasteiger partial charge in [0.15, 0.2) is 0 Å². The average Bonchev–Trinajstić information content (AvgIpc) is 3.45. The number of hydrogen-bond acceptors (Lipinski definition) is 5. The third kappa shape index (κ3) is 6.12. The van der Waals surface area contributed by atoms with Gasteiger partial charge in [-0.3, -0.25) is 9.59 Å². The Hall–Kier alpha value is -4.14. The van der Waals surface area contributed by atoms with Crippen molar-refractivity contribution in [1.29, 1.82) is 0 Å². The van der Waals surface area contributed by atoms with E-state index in [4.69, 9.17) is 4.74 Å². The van der Waals surface area contributed by atoms with Crippen LogP contribution in [0, 0.1) is 18.3 Å². The second-order valence-corrected chi connectivity index (χ2v) is 14.7. The predicted octanol–water partition coefficient (Wildman–Crippen LogP) is 6.57. The molecule has 8 heteroatoms. The van der Waals surface area contributed by atoms with Gasteiger partial charge < -0.3 is 29.7 Å². The molecule has 2 saturated heterocycles. The molecule has 2 aliphatic heterocycles. The van der Waals surface area contributed by atoms with Gasteiger partial charge in [-0.05, 0) is 85.5 Å². The number of carbonyl (C=O) groups excluding carboxylic acids is 2. The third-order valence-corrected chi connectivity index (χ3v) is 11.4. The largest absolute Gasteiger partial charge is 0.378 e. The summed E-state index contributed by atoms with van der Waals surface area (Å²) in [5, 5.41) is 4.51. The zero-order valence-electron chi connectivity index (χ0n) is 28.8. The molecule has 0 bridgehead atoms. The minimum atomic E-state index is -0.965. The van der Waals surface area contributed by atoms with E-state index in [2.05, 4.69) is 96.5 Å². The van der Waals surface area contributed by atoms with Crippen LogP contribution in [0.5, 0.6) is 0 Å². The Bertz CT molecular complexity index is 1750. The topological polar surface area (TPSA) is 80.9 Å². The summed E-state index contributed by atoms with van der Waals surface area (Å²) in [6.45, 7) is 11.8. The van der Waals surface area contributed by atoms with E-state index in [0.29, 0.717) is 25.8 Å². The number of anilines is 2. The van der Waals surface area contributed by atoms with E-state index in [0.717, 1.165) is 61.8 Å². The van der Waals surface area contributed by atoms with E-state index in [9.17, 15) is 9.59 Å². The van der Waals surface area contributed by atoms with Crippen LogP contribution in [0.3, 0.4) is 0 Å². The normalized spacial score (nSPS) is 22.0. The summed E-state index contributed by atoms with van der Waals surface area (Å²) >= 11 is 0. The Morgan fingerprint density at radius 1 is 0.917 bits per heavy atom. The minimum Gasteiger partial charge on any atom is -0.378 e. The first kappa shape index (κ1) is 32.4. The fraction of sp³-hybridized carbons (Fsp3) is 0.450.